The molecule has 0 heterocycles. The molecule has 174 valence electrons. The van der Waals surface area contributed by atoms with Crippen molar-refractivity contribution in [1.29, 1.82) is 5.26 Å². The molecule has 0 saturated heterocycles. The van der Waals surface area contributed by atoms with Crippen molar-refractivity contribution in [2.45, 2.75) is 13.0 Å². The Balaban J connectivity index is 1.70. The molecule has 3 rings (SSSR count). The molecular formula is C26H25ClN4O3. The maximum atomic E-state index is 13.1. The Morgan fingerprint density at radius 2 is 1.79 bits per heavy atom. The number of carbonyl (C=O) groups is 2. The van der Waals surface area contributed by atoms with Crippen LogP contribution in [0.5, 0.6) is 5.75 Å². The lowest BCUT2D eigenvalue weighted by Crippen LogP contribution is -2.32. The van der Waals surface area contributed by atoms with Gasteiger partial charge in [0.25, 0.3) is 11.8 Å². The van der Waals surface area contributed by atoms with E-state index in [0.29, 0.717) is 52.7 Å². The highest BCUT2D eigenvalue weighted by Crippen LogP contribution is 2.23. The minimum atomic E-state index is -0.314. The largest absolute Gasteiger partial charge is 0.484 e. The Morgan fingerprint density at radius 3 is 2.47 bits per heavy atom. The summed E-state index contributed by atoms with van der Waals surface area (Å²) in [4.78, 5) is 27.1. The SMILES string of the molecule is N#Cc1ccc(C(=O)N(CCCN)Cc2cc(NC(=O)COc3ccccc3)ccc2Cl)cc1. The molecule has 0 saturated carbocycles. The van der Waals surface area contributed by atoms with Gasteiger partial charge in [-0.05, 0) is 73.1 Å². The van der Waals surface area contributed by atoms with E-state index in [0.717, 1.165) is 0 Å². The van der Waals surface area contributed by atoms with Crippen molar-refractivity contribution in [3.05, 3.63) is 94.5 Å². The molecule has 0 spiro atoms. The molecule has 0 fully saturated rings. The number of ether oxygens (including phenoxy) is 1. The predicted octanol–water partition coefficient (Wildman–Crippen LogP) is 4.22. The van der Waals surface area contributed by atoms with E-state index in [9.17, 15) is 9.59 Å². The van der Waals surface area contributed by atoms with Crippen molar-refractivity contribution in [2.75, 3.05) is 25.0 Å². The van der Waals surface area contributed by atoms with E-state index in [2.05, 4.69) is 5.32 Å². The van der Waals surface area contributed by atoms with E-state index in [1.807, 2.05) is 24.3 Å². The third-order valence-electron chi connectivity index (χ3n) is 4.98. The fraction of sp³-hybridized carbons (Fsp3) is 0.192. The van der Waals surface area contributed by atoms with Gasteiger partial charge in [0.2, 0.25) is 0 Å². The average Bonchev–Trinajstić information content (AvgIpc) is 2.87. The number of hydrogen-bond acceptors (Lipinski definition) is 5. The number of nitrogens with two attached hydrogens (primary N) is 1. The molecule has 3 N–H and O–H groups in total. The number of nitrogens with zero attached hydrogens (tertiary/aromatic N) is 2. The van der Waals surface area contributed by atoms with Gasteiger partial charge >= 0.3 is 0 Å². The van der Waals surface area contributed by atoms with Crippen LogP contribution < -0.4 is 15.8 Å². The summed E-state index contributed by atoms with van der Waals surface area (Å²) in [6.45, 7) is 0.971. The Morgan fingerprint density at radius 1 is 1.06 bits per heavy atom. The predicted molar refractivity (Wildman–Crippen MR) is 132 cm³/mol. The number of nitriles is 1. The first kappa shape index (κ1) is 24.8. The molecule has 3 aromatic rings. The van der Waals surface area contributed by atoms with E-state index in [1.165, 1.54) is 0 Å². The number of amides is 2. The van der Waals surface area contributed by atoms with Gasteiger partial charge in [-0.1, -0.05) is 29.8 Å². The molecule has 0 bridgehead atoms. The molecule has 8 heteroatoms. The van der Waals surface area contributed by atoms with Crippen LogP contribution in [0.4, 0.5) is 5.69 Å². The maximum Gasteiger partial charge on any atom is 0.262 e. The quantitative estimate of drug-likeness (QED) is 0.455. The van der Waals surface area contributed by atoms with E-state index >= 15 is 0 Å². The number of hydrogen-bond donors (Lipinski definition) is 2. The second-order valence-electron chi connectivity index (χ2n) is 7.51. The van der Waals surface area contributed by atoms with Gasteiger partial charge in [0.05, 0.1) is 11.6 Å². The van der Waals surface area contributed by atoms with Crippen LogP contribution in [0.2, 0.25) is 5.02 Å². The Labute approximate surface area is 203 Å². The first-order valence-corrected chi connectivity index (χ1v) is 11.1. The Bertz CT molecular complexity index is 1160. The fourth-order valence-corrected chi connectivity index (χ4v) is 3.42. The zero-order chi connectivity index (χ0) is 24.3. The van der Waals surface area contributed by atoms with Gasteiger partial charge in [0.15, 0.2) is 6.61 Å². The molecule has 0 aliphatic rings. The number of benzene rings is 3. The molecule has 3 aromatic carbocycles. The summed E-state index contributed by atoms with van der Waals surface area (Å²) in [7, 11) is 0. The van der Waals surface area contributed by atoms with Gasteiger partial charge in [-0.2, -0.15) is 5.26 Å². The van der Waals surface area contributed by atoms with Gasteiger partial charge in [-0.3, -0.25) is 9.59 Å². The lowest BCUT2D eigenvalue weighted by molar-refractivity contribution is -0.118. The summed E-state index contributed by atoms with van der Waals surface area (Å²) >= 11 is 6.41. The van der Waals surface area contributed by atoms with Crippen LogP contribution in [0.25, 0.3) is 0 Å². The monoisotopic (exact) mass is 476 g/mol. The van der Waals surface area contributed by atoms with Gasteiger partial charge < -0.3 is 20.7 Å². The lowest BCUT2D eigenvalue weighted by Gasteiger charge is -2.24. The molecule has 0 unspecified atom stereocenters. The fourth-order valence-electron chi connectivity index (χ4n) is 3.25. The summed E-state index contributed by atoms with van der Waals surface area (Å²) < 4.78 is 5.48. The molecule has 7 nitrogen and oxygen atoms in total. The van der Waals surface area contributed by atoms with Gasteiger partial charge in [-0.25, -0.2) is 0 Å². The van der Waals surface area contributed by atoms with Gasteiger partial charge in [0.1, 0.15) is 5.75 Å². The molecule has 0 atom stereocenters. The number of rotatable bonds is 10. The van der Waals surface area contributed by atoms with Crippen LogP contribution in [0.1, 0.15) is 27.9 Å². The number of para-hydroxylation sites is 1. The molecule has 34 heavy (non-hydrogen) atoms. The first-order valence-electron chi connectivity index (χ1n) is 10.8. The minimum absolute atomic E-state index is 0.137. The third-order valence-corrected chi connectivity index (χ3v) is 5.35. The van der Waals surface area contributed by atoms with Crippen molar-refractivity contribution >= 4 is 29.1 Å². The standard InChI is InChI=1S/C26H25ClN4O3/c27-24-12-11-22(30-25(32)18-34-23-5-2-1-3-6-23)15-21(24)17-31(14-4-13-28)26(33)20-9-7-19(16-29)8-10-20/h1-3,5-12,15H,4,13-14,17-18,28H2,(H,30,32). The average molecular weight is 477 g/mol. The third kappa shape index (κ3) is 7.07. The second kappa shape index (κ2) is 12.4. The summed E-state index contributed by atoms with van der Waals surface area (Å²) in [5.74, 6) is 0.0942. The summed E-state index contributed by atoms with van der Waals surface area (Å²) in [5, 5.41) is 12.3. The molecule has 0 radical (unpaired) electrons. The summed E-state index contributed by atoms with van der Waals surface area (Å²) in [6.07, 6.45) is 0.618. The van der Waals surface area contributed by atoms with Crippen LogP contribution in [0.3, 0.4) is 0 Å². The number of nitrogens with one attached hydrogen (secondary N) is 1. The van der Waals surface area contributed by atoms with Crippen LogP contribution >= 0.6 is 11.6 Å². The minimum Gasteiger partial charge on any atom is -0.484 e. The normalized spacial score (nSPS) is 10.3. The van der Waals surface area contributed by atoms with Crippen LogP contribution in [-0.4, -0.2) is 36.4 Å². The van der Waals surface area contributed by atoms with Gasteiger partial charge in [0, 0.05) is 29.4 Å². The number of carbonyl (C=O) groups excluding carboxylic acids is 2. The van der Waals surface area contributed by atoms with E-state index in [1.54, 1.807) is 59.5 Å². The van der Waals surface area contributed by atoms with Crippen LogP contribution in [0.15, 0.2) is 72.8 Å². The lowest BCUT2D eigenvalue weighted by atomic mass is 10.1. The Kier molecular flexibility index (Phi) is 9.04. The highest BCUT2D eigenvalue weighted by molar-refractivity contribution is 6.31. The number of halogens is 1. The van der Waals surface area contributed by atoms with Crippen LogP contribution in [0, 0.1) is 11.3 Å². The zero-order valence-electron chi connectivity index (χ0n) is 18.5. The molecule has 2 amide bonds. The van der Waals surface area contributed by atoms with E-state index in [4.69, 9.17) is 27.3 Å². The molecule has 0 aliphatic heterocycles. The highest BCUT2D eigenvalue weighted by Gasteiger charge is 2.18. The first-order chi connectivity index (χ1) is 16.5. The van der Waals surface area contributed by atoms with Crippen molar-refractivity contribution < 1.29 is 14.3 Å². The van der Waals surface area contributed by atoms with Crippen molar-refractivity contribution in [2.24, 2.45) is 5.73 Å². The van der Waals surface area contributed by atoms with E-state index in [-0.39, 0.29) is 25.0 Å². The highest BCUT2D eigenvalue weighted by atomic mass is 35.5. The van der Waals surface area contributed by atoms with E-state index < -0.39 is 0 Å². The smallest absolute Gasteiger partial charge is 0.262 e. The zero-order valence-corrected chi connectivity index (χ0v) is 19.3. The van der Waals surface area contributed by atoms with Crippen molar-refractivity contribution in [1.82, 2.24) is 4.90 Å². The van der Waals surface area contributed by atoms with Crippen LogP contribution in [-0.2, 0) is 11.3 Å². The summed E-state index contributed by atoms with van der Waals surface area (Å²) in [6, 6.07) is 22.7. The Hall–Kier alpha value is -3.86. The van der Waals surface area contributed by atoms with Crippen molar-refractivity contribution in [3.8, 4) is 11.8 Å². The molecule has 0 aromatic heterocycles. The van der Waals surface area contributed by atoms with Gasteiger partial charge in [-0.15, -0.1) is 0 Å². The second-order valence-corrected chi connectivity index (χ2v) is 7.92. The summed E-state index contributed by atoms with van der Waals surface area (Å²) in [5.41, 5.74) is 7.84. The topological polar surface area (TPSA) is 108 Å². The molecular weight excluding hydrogens is 452 g/mol. The number of anilines is 1. The maximum absolute atomic E-state index is 13.1. The van der Waals surface area contributed by atoms with Crippen molar-refractivity contribution in [3.63, 3.8) is 0 Å². The molecule has 0 aliphatic carbocycles.